The van der Waals surface area contributed by atoms with Gasteiger partial charge in [0, 0.05) is 0 Å². The van der Waals surface area contributed by atoms with Crippen LogP contribution in [0.25, 0.3) is 0 Å². The summed E-state index contributed by atoms with van der Waals surface area (Å²) < 4.78 is 0. The van der Waals surface area contributed by atoms with Gasteiger partial charge in [-0.15, -0.1) is 37.2 Å². The molecule has 0 saturated carbocycles. The maximum Gasteiger partial charge on any atom is 0.226 e. The van der Waals surface area contributed by atoms with Crippen LogP contribution in [-0.4, -0.2) is 11.8 Å². The minimum absolute atomic E-state index is 0. The Morgan fingerprint density at radius 2 is 1.10 bits per heavy atom. The fourth-order valence-corrected chi connectivity index (χ4v) is 0.172. The molecule has 4 nitrogen and oxygen atoms in total. The molecule has 0 aromatic rings. The Balaban J connectivity index is -0.0000000600. The lowest BCUT2D eigenvalue weighted by molar-refractivity contribution is -0.125. The fraction of sp³-hybridized carbons (Fsp3) is 0.333. The zero-order valence-corrected chi connectivity index (χ0v) is 7.35. The van der Waals surface area contributed by atoms with Gasteiger partial charge in [0.05, 0.1) is 0 Å². The molecule has 0 radical (unpaired) electrons. The summed E-state index contributed by atoms with van der Waals surface area (Å²) >= 11 is 0. The molecule has 0 aliphatic heterocycles. The molecule has 0 fully saturated rings. The molecule has 0 bridgehead atoms. The van der Waals surface area contributed by atoms with Gasteiger partial charge in [-0.1, -0.05) is 0 Å². The first-order valence-corrected chi connectivity index (χ1v) is 1.69. The van der Waals surface area contributed by atoms with Crippen LogP contribution in [0.4, 0.5) is 0 Å². The number of rotatable bonds is 2. The van der Waals surface area contributed by atoms with Crippen LogP contribution in [-0.2, 0) is 9.59 Å². The van der Waals surface area contributed by atoms with Crippen LogP contribution < -0.4 is 11.5 Å². The van der Waals surface area contributed by atoms with E-state index in [9.17, 15) is 9.59 Å². The van der Waals surface area contributed by atoms with Crippen molar-refractivity contribution in [3.05, 3.63) is 0 Å². The summed E-state index contributed by atoms with van der Waals surface area (Å²) in [6.07, 6.45) is -0.361. The summed E-state index contributed by atoms with van der Waals surface area (Å²) in [4.78, 5) is 19.5. The van der Waals surface area contributed by atoms with Crippen LogP contribution in [0.1, 0.15) is 6.42 Å². The van der Waals surface area contributed by atoms with Crippen molar-refractivity contribution in [2.75, 3.05) is 0 Å². The van der Waals surface area contributed by atoms with Crippen LogP contribution in [0.5, 0.6) is 0 Å². The topological polar surface area (TPSA) is 86.2 Å². The highest BCUT2D eigenvalue weighted by atomic mass is 35.5. The molecule has 0 atom stereocenters. The Morgan fingerprint density at radius 3 is 1.10 bits per heavy atom. The summed E-state index contributed by atoms with van der Waals surface area (Å²) in [7, 11) is 0. The average Bonchev–Trinajstić information content (AvgIpc) is 1.27. The molecule has 64 valence electrons. The summed E-state index contributed by atoms with van der Waals surface area (Å²) in [5.41, 5.74) is 9.11. The molecule has 0 rings (SSSR count). The molecule has 0 saturated heterocycles. The van der Waals surface area contributed by atoms with E-state index in [-0.39, 0.29) is 43.6 Å². The van der Waals surface area contributed by atoms with Gasteiger partial charge in [-0.05, 0) is 0 Å². The summed E-state index contributed by atoms with van der Waals surface area (Å²) in [6, 6.07) is 0. The van der Waals surface area contributed by atoms with Gasteiger partial charge in [0.1, 0.15) is 6.42 Å². The van der Waals surface area contributed by atoms with Crippen molar-refractivity contribution in [1.29, 1.82) is 0 Å². The van der Waals surface area contributed by atoms with Crippen molar-refractivity contribution in [1.82, 2.24) is 0 Å². The second-order valence-electron chi connectivity index (χ2n) is 1.11. The van der Waals surface area contributed by atoms with Gasteiger partial charge in [-0.2, -0.15) is 0 Å². The van der Waals surface area contributed by atoms with Crippen LogP contribution in [0.15, 0.2) is 0 Å². The summed E-state index contributed by atoms with van der Waals surface area (Å²) in [5.74, 6) is -1.37. The molecular formula is C3H9Cl3N2O2. The third-order valence-electron chi connectivity index (χ3n) is 0.348. The predicted molar refractivity (Wildman–Crippen MR) is 44.7 cm³/mol. The Hall–Kier alpha value is -0.190. The molecule has 0 heterocycles. The van der Waals surface area contributed by atoms with E-state index in [2.05, 4.69) is 11.5 Å². The van der Waals surface area contributed by atoms with Crippen molar-refractivity contribution >= 4 is 49.0 Å². The Bertz CT molecular complexity index is 95.9. The highest BCUT2D eigenvalue weighted by Gasteiger charge is 1.96. The van der Waals surface area contributed by atoms with Crippen LogP contribution >= 0.6 is 37.2 Å². The lowest BCUT2D eigenvalue weighted by atomic mass is 10.4. The number of nitrogens with two attached hydrogens (primary N) is 2. The maximum atomic E-state index is 9.73. The largest absolute Gasteiger partial charge is 0.369 e. The van der Waals surface area contributed by atoms with E-state index in [0.717, 1.165) is 0 Å². The van der Waals surface area contributed by atoms with Crippen molar-refractivity contribution in [2.45, 2.75) is 6.42 Å². The van der Waals surface area contributed by atoms with Crippen molar-refractivity contribution in [2.24, 2.45) is 11.5 Å². The fourth-order valence-electron chi connectivity index (χ4n) is 0.172. The third kappa shape index (κ3) is 25.0. The maximum absolute atomic E-state index is 9.73. The van der Waals surface area contributed by atoms with E-state index in [1.54, 1.807) is 0 Å². The lowest BCUT2D eigenvalue weighted by Crippen LogP contribution is -2.21. The molecule has 0 spiro atoms. The normalized spacial score (nSPS) is 5.60. The van der Waals surface area contributed by atoms with Gasteiger partial charge in [0.15, 0.2) is 0 Å². The summed E-state index contributed by atoms with van der Waals surface area (Å²) in [5, 5.41) is 0. The van der Waals surface area contributed by atoms with E-state index in [0.29, 0.717) is 0 Å². The second-order valence-corrected chi connectivity index (χ2v) is 1.11. The van der Waals surface area contributed by atoms with Crippen LogP contribution in [0.2, 0.25) is 0 Å². The number of amides is 2. The number of halogens is 3. The minimum atomic E-state index is -0.687. The SMILES string of the molecule is Cl.Cl.Cl.NC(=O)CC(N)=O. The van der Waals surface area contributed by atoms with Gasteiger partial charge < -0.3 is 11.5 Å². The summed E-state index contributed by atoms with van der Waals surface area (Å²) in [6.45, 7) is 0. The molecule has 4 N–H and O–H groups in total. The zero-order chi connectivity index (χ0) is 5.86. The first-order valence-electron chi connectivity index (χ1n) is 1.69. The van der Waals surface area contributed by atoms with Crippen molar-refractivity contribution in [3.63, 3.8) is 0 Å². The number of hydrogen-bond acceptors (Lipinski definition) is 2. The van der Waals surface area contributed by atoms with Gasteiger partial charge in [0.2, 0.25) is 11.8 Å². The second kappa shape index (κ2) is 11.6. The van der Waals surface area contributed by atoms with E-state index in [1.807, 2.05) is 0 Å². The molecule has 0 aromatic carbocycles. The zero-order valence-electron chi connectivity index (χ0n) is 4.90. The van der Waals surface area contributed by atoms with E-state index >= 15 is 0 Å². The quantitative estimate of drug-likeness (QED) is 0.610. The van der Waals surface area contributed by atoms with E-state index in [1.165, 1.54) is 0 Å². The van der Waals surface area contributed by atoms with Gasteiger partial charge in [-0.3, -0.25) is 9.59 Å². The third-order valence-corrected chi connectivity index (χ3v) is 0.348. The van der Waals surface area contributed by atoms with Gasteiger partial charge in [-0.25, -0.2) is 0 Å². The van der Waals surface area contributed by atoms with Crippen molar-refractivity contribution < 1.29 is 9.59 Å². The number of carbonyl (C=O) groups excluding carboxylic acids is 2. The molecule has 7 heteroatoms. The highest BCUT2D eigenvalue weighted by Crippen LogP contribution is 1.68. The smallest absolute Gasteiger partial charge is 0.226 e. The van der Waals surface area contributed by atoms with E-state index < -0.39 is 11.8 Å². The molecule has 10 heavy (non-hydrogen) atoms. The lowest BCUT2D eigenvalue weighted by Gasteiger charge is -1.82. The number of carbonyl (C=O) groups is 2. The number of hydrogen-bond donors (Lipinski definition) is 2. The highest BCUT2D eigenvalue weighted by molar-refractivity contribution is 5.95. The molecule has 0 aliphatic rings. The predicted octanol–water partition coefficient (Wildman–Crippen LogP) is -0.387. The van der Waals surface area contributed by atoms with Gasteiger partial charge >= 0.3 is 0 Å². The number of primary amides is 2. The Kier molecular flexibility index (Phi) is 26.1. The Labute approximate surface area is 76.9 Å². The average molecular weight is 211 g/mol. The van der Waals surface area contributed by atoms with Crippen molar-refractivity contribution in [3.8, 4) is 0 Å². The first-order chi connectivity index (χ1) is 3.13. The monoisotopic (exact) mass is 210 g/mol. The molecule has 0 aromatic heterocycles. The molecule has 0 unspecified atom stereocenters. The standard InChI is InChI=1S/C3H6N2O2.3ClH/c4-2(6)1-3(5)7;;;/h1H2,(H2,4,6)(H2,5,7);3*1H. The molecular weight excluding hydrogens is 202 g/mol. The van der Waals surface area contributed by atoms with Crippen LogP contribution in [0.3, 0.4) is 0 Å². The molecule has 2 amide bonds. The molecule has 0 aliphatic carbocycles. The Morgan fingerprint density at radius 1 is 0.900 bits per heavy atom. The minimum Gasteiger partial charge on any atom is -0.369 e. The van der Waals surface area contributed by atoms with Crippen LogP contribution in [0, 0.1) is 0 Å². The van der Waals surface area contributed by atoms with Gasteiger partial charge in [0.25, 0.3) is 0 Å². The first kappa shape index (κ1) is 22.6. The van der Waals surface area contributed by atoms with E-state index in [4.69, 9.17) is 0 Å².